The van der Waals surface area contributed by atoms with Crippen molar-refractivity contribution in [3.63, 3.8) is 0 Å². The average Bonchev–Trinajstić information content (AvgIpc) is 3.09. The second-order valence-electron chi connectivity index (χ2n) is 6.98. The zero-order valence-corrected chi connectivity index (χ0v) is 16.8. The highest BCUT2D eigenvalue weighted by atomic mass is 35.5. The van der Waals surface area contributed by atoms with Crippen LogP contribution in [0.1, 0.15) is 37.7 Å². The third-order valence-electron chi connectivity index (χ3n) is 4.67. The van der Waals surface area contributed by atoms with Crippen LogP contribution < -0.4 is 15.0 Å². The first kappa shape index (κ1) is 20.2. The molecule has 0 spiro atoms. The van der Waals surface area contributed by atoms with Crippen molar-refractivity contribution in [2.45, 2.75) is 39.0 Å². The zero-order chi connectivity index (χ0) is 19.9. The molecule has 1 fully saturated rings. The second kappa shape index (κ2) is 9.60. The van der Waals surface area contributed by atoms with Crippen LogP contribution in [0, 0.1) is 6.92 Å². The predicted octanol–water partition coefficient (Wildman–Crippen LogP) is 4.96. The second-order valence-corrected chi connectivity index (χ2v) is 7.39. The van der Waals surface area contributed by atoms with Gasteiger partial charge in [-0.15, -0.1) is 0 Å². The third kappa shape index (κ3) is 5.49. The number of nitrogens with zero attached hydrogens (tertiary/aromatic N) is 1. The lowest BCUT2D eigenvalue weighted by molar-refractivity contribution is -0.117. The van der Waals surface area contributed by atoms with E-state index < -0.39 is 0 Å². The maximum Gasteiger partial charge on any atom is 0.227 e. The number of aryl methyl sites for hydroxylation is 1. The van der Waals surface area contributed by atoms with E-state index in [9.17, 15) is 9.59 Å². The molecule has 28 heavy (non-hydrogen) atoms. The molecule has 148 valence electrons. The van der Waals surface area contributed by atoms with Crippen molar-refractivity contribution < 1.29 is 14.3 Å². The molecule has 0 atom stereocenters. The summed E-state index contributed by atoms with van der Waals surface area (Å²) in [6.45, 7) is 3.30. The van der Waals surface area contributed by atoms with E-state index in [1.807, 2.05) is 37.3 Å². The molecule has 1 aliphatic heterocycles. The lowest BCUT2D eigenvalue weighted by Crippen LogP contribution is -2.23. The highest BCUT2D eigenvalue weighted by Gasteiger charge is 2.22. The first-order valence-electron chi connectivity index (χ1n) is 9.62. The maximum atomic E-state index is 12.2. The molecule has 0 saturated carbocycles. The number of carbonyl (C=O) groups is 2. The van der Waals surface area contributed by atoms with Crippen molar-refractivity contribution in [1.82, 2.24) is 0 Å². The van der Waals surface area contributed by atoms with Crippen molar-refractivity contribution in [1.29, 1.82) is 0 Å². The van der Waals surface area contributed by atoms with Gasteiger partial charge in [-0.25, -0.2) is 0 Å². The fourth-order valence-electron chi connectivity index (χ4n) is 3.19. The number of benzene rings is 2. The topological polar surface area (TPSA) is 58.6 Å². The zero-order valence-electron chi connectivity index (χ0n) is 16.0. The van der Waals surface area contributed by atoms with Gasteiger partial charge in [-0.2, -0.15) is 0 Å². The Bertz CT molecular complexity index is 853. The molecule has 1 heterocycles. The van der Waals surface area contributed by atoms with E-state index in [1.54, 1.807) is 17.0 Å². The molecule has 0 unspecified atom stereocenters. The summed E-state index contributed by atoms with van der Waals surface area (Å²) in [5.41, 5.74) is 2.47. The van der Waals surface area contributed by atoms with E-state index in [1.165, 1.54) is 0 Å². The van der Waals surface area contributed by atoms with E-state index in [2.05, 4.69) is 5.32 Å². The maximum absolute atomic E-state index is 12.2. The summed E-state index contributed by atoms with van der Waals surface area (Å²) in [5.74, 6) is 0.861. The Hall–Kier alpha value is -2.53. The number of rotatable bonds is 8. The first-order chi connectivity index (χ1) is 13.5. The first-order valence-corrected chi connectivity index (χ1v) is 10.00. The van der Waals surface area contributed by atoms with Crippen LogP contribution in [0.25, 0.3) is 0 Å². The van der Waals surface area contributed by atoms with Gasteiger partial charge in [-0.05, 0) is 62.1 Å². The van der Waals surface area contributed by atoms with Crippen LogP contribution in [0.3, 0.4) is 0 Å². The molecule has 0 bridgehead atoms. The van der Waals surface area contributed by atoms with Crippen molar-refractivity contribution in [2.75, 3.05) is 23.4 Å². The van der Waals surface area contributed by atoms with Crippen LogP contribution in [0.15, 0.2) is 42.5 Å². The molecule has 2 aromatic rings. The van der Waals surface area contributed by atoms with Gasteiger partial charge in [0.1, 0.15) is 5.75 Å². The minimum Gasteiger partial charge on any atom is -0.494 e. The summed E-state index contributed by atoms with van der Waals surface area (Å²) in [6.07, 6.45) is 3.32. The molecule has 5 nitrogen and oxygen atoms in total. The van der Waals surface area contributed by atoms with Crippen LogP contribution in [0.4, 0.5) is 11.4 Å². The minimum absolute atomic E-state index is 0.0950. The average molecular weight is 401 g/mol. The van der Waals surface area contributed by atoms with E-state index in [-0.39, 0.29) is 11.8 Å². The van der Waals surface area contributed by atoms with Crippen LogP contribution in [-0.2, 0) is 9.59 Å². The highest BCUT2D eigenvalue weighted by molar-refractivity contribution is 6.33. The van der Waals surface area contributed by atoms with Gasteiger partial charge in [0, 0.05) is 25.1 Å². The van der Waals surface area contributed by atoms with Gasteiger partial charge in [-0.1, -0.05) is 23.7 Å². The van der Waals surface area contributed by atoms with Gasteiger partial charge in [-0.3, -0.25) is 9.59 Å². The molecule has 0 aliphatic carbocycles. The van der Waals surface area contributed by atoms with E-state index in [0.717, 1.165) is 36.3 Å². The largest absolute Gasteiger partial charge is 0.494 e. The Morgan fingerprint density at radius 3 is 2.82 bits per heavy atom. The van der Waals surface area contributed by atoms with Crippen molar-refractivity contribution >= 4 is 34.8 Å². The summed E-state index contributed by atoms with van der Waals surface area (Å²) in [7, 11) is 0. The van der Waals surface area contributed by atoms with Gasteiger partial charge >= 0.3 is 0 Å². The molecule has 1 aliphatic rings. The quantitative estimate of drug-likeness (QED) is 0.637. The molecular formula is C22H25ClN2O3. The summed E-state index contributed by atoms with van der Waals surface area (Å²) < 4.78 is 5.70. The van der Waals surface area contributed by atoms with Crippen LogP contribution >= 0.6 is 11.6 Å². The highest BCUT2D eigenvalue weighted by Crippen LogP contribution is 2.30. The van der Waals surface area contributed by atoms with Gasteiger partial charge in [0.05, 0.1) is 17.3 Å². The Balaban J connectivity index is 1.45. The molecule has 0 radical (unpaired) electrons. The normalized spacial score (nSPS) is 13.6. The Kier molecular flexibility index (Phi) is 6.93. The van der Waals surface area contributed by atoms with Crippen molar-refractivity contribution in [2.24, 2.45) is 0 Å². The molecular weight excluding hydrogens is 376 g/mol. The van der Waals surface area contributed by atoms with Crippen LogP contribution in [0.2, 0.25) is 5.02 Å². The molecule has 1 N–H and O–H groups in total. The molecule has 0 aromatic heterocycles. The fraction of sp³-hybridized carbons (Fsp3) is 0.364. The number of ether oxygens (including phenoxy) is 1. The van der Waals surface area contributed by atoms with E-state index >= 15 is 0 Å². The number of hydrogen-bond donors (Lipinski definition) is 1. The van der Waals surface area contributed by atoms with E-state index in [0.29, 0.717) is 36.7 Å². The monoisotopic (exact) mass is 400 g/mol. The summed E-state index contributed by atoms with van der Waals surface area (Å²) in [6, 6.07) is 13.2. The smallest absolute Gasteiger partial charge is 0.227 e. The standard InChI is InChI=1S/C22H25ClN2O3/c1-16-6-4-7-18(14-16)28-13-3-2-8-21(26)24-20-15-17(10-11-19(20)23)25-12-5-9-22(25)27/h4,6-7,10-11,14-15H,2-3,5,8-9,12-13H2,1H3,(H,24,26). The number of anilines is 2. The minimum atomic E-state index is -0.0950. The van der Waals surface area contributed by atoms with Crippen LogP contribution in [-0.4, -0.2) is 25.0 Å². The van der Waals surface area contributed by atoms with Gasteiger partial charge in [0.25, 0.3) is 0 Å². The number of unbranched alkanes of at least 4 members (excludes halogenated alkanes) is 1. The molecule has 2 aromatic carbocycles. The third-order valence-corrected chi connectivity index (χ3v) is 5.00. The number of amides is 2. The molecule has 3 rings (SSSR count). The van der Waals surface area contributed by atoms with Gasteiger partial charge in [0.15, 0.2) is 0 Å². The summed E-state index contributed by atoms with van der Waals surface area (Å²) >= 11 is 6.21. The Morgan fingerprint density at radius 1 is 1.21 bits per heavy atom. The van der Waals surface area contributed by atoms with E-state index in [4.69, 9.17) is 16.3 Å². The van der Waals surface area contributed by atoms with Crippen molar-refractivity contribution in [3.8, 4) is 5.75 Å². The number of halogens is 1. The summed E-state index contributed by atoms with van der Waals surface area (Å²) in [5, 5.41) is 3.32. The number of hydrogen-bond acceptors (Lipinski definition) is 3. The molecule has 2 amide bonds. The molecule has 6 heteroatoms. The predicted molar refractivity (Wildman–Crippen MR) is 112 cm³/mol. The Labute approximate surface area is 170 Å². The lowest BCUT2D eigenvalue weighted by Gasteiger charge is -2.17. The lowest BCUT2D eigenvalue weighted by atomic mass is 10.2. The van der Waals surface area contributed by atoms with Crippen LogP contribution in [0.5, 0.6) is 5.75 Å². The number of nitrogens with one attached hydrogen (secondary N) is 1. The SMILES string of the molecule is Cc1cccc(OCCCCC(=O)Nc2cc(N3CCCC3=O)ccc2Cl)c1. The Morgan fingerprint density at radius 2 is 2.07 bits per heavy atom. The summed E-state index contributed by atoms with van der Waals surface area (Å²) in [4.78, 5) is 25.9. The number of carbonyl (C=O) groups excluding carboxylic acids is 2. The van der Waals surface area contributed by atoms with Gasteiger partial charge in [0.2, 0.25) is 11.8 Å². The van der Waals surface area contributed by atoms with Crippen molar-refractivity contribution in [3.05, 3.63) is 53.1 Å². The molecule has 1 saturated heterocycles. The van der Waals surface area contributed by atoms with Gasteiger partial charge < -0.3 is 15.0 Å². The fourth-order valence-corrected chi connectivity index (χ4v) is 3.36.